The van der Waals surface area contributed by atoms with Crippen molar-refractivity contribution >= 4 is 16.7 Å². The van der Waals surface area contributed by atoms with Crippen molar-refractivity contribution < 1.29 is 14.3 Å². The molecule has 0 saturated heterocycles. The molecule has 0 atom stereocenters. The van der Waals surface area contributed by atoms with Gasteiger partial charge < -0.3 is 10.0 Å². The number of rotatable bonds is 4. The summed E-state index contributed by atoms with van der Waals surface area (Å²) in [5.41, 5.74) is 3.27. The highest BCUT2D eigenvalue weighted by atomic mass is 19.1. The lowest BCUT2D eigenvalue weighted by atomic mass is 9.88. The summed E-state index contributed by atoms with van der Waals surface area (Å²) in [5.74, 6) is -0.473. The highest BCUT2D eigenvalue weighted by Gasteiger charge is 2.28. The lowest BCUT2D eigenvalue weighted by Crippen LogP contribution is -2.23. The largest absolute Gasteiger partial charge is 0.386 e. The summed E-state index contributed by atoms with van der Waals surface area (Å²) in [7, 11) is 0. The molecule has 0 spiro atoms. The summed E-state index contributed by atoms with van der Waals surface area (Å²) < 4.78 is 15.1. The van der Waals surface area contributed by atoms with Gasteiger partial charge in [-0.25, -0.2) is 4.39 Å². The second kappa shape index (κ2) is 7.53. The Balaban J connectivity index is 1.48. The minimum atomic E-state index is -0.984. The van der Waals surface area contributed by atoms with Crippen LogP contribution in [0, 0.1) is 5.82 Å². The smallest absolute Gasteiger partial charge is 0.256 e. The maximum absolute atomic E-state index is 15.1. The molecule has 1 N–H and O–H groups in total. The molecule has 2 heterocycles. The molecule has 1 aromatic heterocycles. The van der Waals surface area contributed by atoms with Crippen LogP contribution in [0.25, 0.3) is 21.9 Å². The van der Waals surface area contributed by atoms with E-state index in [-0.39, 0.29) is 18.3 Å². The Bertz CT molecular complexity index is 1360. The Kier molecular flexibility index (Phi) is 4.79. The normalized spacial score (nSPS) is 13.6. The number of fused-ring (bicyclic) bond motifs is 2. The van der Waals surface area contributed by atoms with Crippen molar-refractivity contribution in [1.29, 1.82) is 0 Å². The number of amides is 1. The second-order valence-corrected chi connectivity index (χ2v) is 8.73. The highest BCUT2D eigenvalue weighted by Crippen LogP contribution is 2.36. The molecular weight excluding hydrogens is 403 g/mol. The molecule has 1 amide bonds. The van der Waals surface area contributed by atoms with Crippen molar-refractivity contribution in [2.24, 2.45) is 0 Å². The van der Waals surface area contributed by atoms with Gasteiger partial charge in [-0.1, -0.05) is 48.5 Å². The highest BCUT2D eigenvalue weighted by molar-refractivity contribution is 5.99. The number of benzene rings is 3. The zero-order chi connectivity index (χ0) is 22.5. The minimum absolute atomic E-state index is 0.121. The summed E-state index contributed by atoms with van der Waals surface area (Å²) in [4.78, 5) is 18.5. The van der Waals surface area contributed by atoms with Gasteiger partial charge in [0.2, 0.25) is 0 Å². The van der Waals surface area contributed by atoms with Crippen molar-refractivity contribution in [1.82, 2.24) is 9.88 Å². The first-order valence-corrected chi connectivity index (χ1v) is 10.6. The molecule has 1 aliphatic heterocycles. The predicted octanol–water partition coefficient (Wildman–Crippen LogP) is 5.42. The van der Waals surface area contributed by atoms with Gasteiger partial charge in [-0.05, 0) is 59.5 Å². The Morgan fingerprint density at radius 3 is 2.50 bits per heavy atom. The molecule has 0 fully saturated rings. The molecule has 4 aromatic rings. The average Bonchev–Trinajstić information content (AvgIpc) is 3.09. The van der Waals surface area contributed by atoms with Crippen LogP contribution in [0.4, 0.5) is 4.39 Å². The van der Waals surface area contributed by atoms with E-state index in [0.717, 1.165) is 33.2 Å². The van der Waals surface area contributed by atoms with Gasteiger partial charge in [0.15, 0.2) is 0 Å². The Morgan fingerprint density at radius 2 is 1.78 bits per heavy atom. The fourth-order valence-corrected chi connectivity index (χ4v) is 4.44. The van der Waals surface area contributed by atoms with Crippen LogP contribution in [0.5, 0.6) is 0 Å². The van der Waals surface area contributed by atoms with Crippen molar-refractivity contribution in [3.8, 4) is 11.1 Å². The third kappa shape index (κ3) is 3.45. The van der Waals surface area contributed by atoms with E-state index >= 15 is 4.39 Å². The van der Waals surface area contributed by atoms with Crippen molar-refractivity contribution in [2.75, 3.05) is 0 Å². The molecule has 0 unspecified atom stereocenters. The van der Waals surface area contributed by atoms with Crippen molar-refractivity contribution in [3.63, 3.8) is 0 Å². The Labute approximate surface area is 186 Å². The van der Waals surface area contributed by atoms with E-state index in [4.69, 9.17) is 0 Å². The molecule has 160 valence electrons. The lowest BCUT2D eigenvalue weighted by molar-refractivity contribution is 0.0763. The number of aromatic nitrogens is 1. The van der Waals surface area contributed by atoms with E-state index in [1.54, 1.807) is 43.1 Å². The zero-order valence-electron chi connectivity index (χ0n) is 18.0. The molecule has 3 aromatic carbocycles. The van der Waals surface area contributed by atoms with Gasteiger partial charge in [0.25, 0.3) is 5.91 Å². The van der Waals surface area contributed by atoms with Crippen LogP contribution in [-0.2, 0) is 18.7 Å². The number of carbonyl (C=O) groups excluding carboxylic acids is 1. The maximum atomic E-state index is 15.1. The molecule has 1 aliphatic rings. The molecule has 32 heavy (non-hydrogen) atoms. The number of aliphatic hydroxyl groups is 1. The predicted molar refractivity (Wildman–Crippen MR) is 122 cm³/mol. The number of hydrogen-bond acceptors (Lipinski definition) is 3. The summed E-state index contributed by atoms with van der Waals surface area (Å²) in [5, 5.41) is 12.4. The van der Waals surface area contributed by atoms with Crippen LogP contribution in [-0.4, -0.2) is 20.9 Å². The Morgan fingerprint density at radius 1 is 1.00 bits per heavy atom. The zero-order valence-corrected chi connectivity index (χ0v) is 18.0. The summed E-state index contributed by atoms with van der Waals surface area (Å²) >= 11 is 0. The quantitative estimate of drug-likeness (QED) is 0.474. The summed E-state index contributed by atoms with van der Waals surface area (Å²) in [6.45, 7) is 4.10. The van der Waals surface area contributed by atoms with E-state index in [1.807, 2.05) is 42.5 Å². The SMILES string of the molecule is CC(C)(O)c1ccc(-c2ccc(CN3Cc4ncccc4C3=O)c(F)c2)c2ccccc12. The van der Waals surface area contributed by atoms with Gasteiger partial charge in [0, 0.05) is 18.3 Å². The van der Waals surface area contributed by atoms with Crippen molar-refractivity contribution in [2.45, 2.75) is 32.5 Å². The number of nitrogens with zero attached hydrogens (tertiary/aromatic N) is 2. The fraction of sp³-hybridized carbons (Fsp3) is 0.185. The second-order valence-electron chi connectivity index (χ2n) is 8.73. The first-order chi connectivity index (χ1) is 15.3. The van der Waals surface area contributed by atoms with Crippen molar-refractivity contribution in [3.05, 3.63) is 101 Å². The molecule has 5 rings (SSSR count). The monoisotopic (exact) mass is 426 g/mol. The van der Waals surface area contributed by atoms with Gasteiger partial charge in [0.05, 0.1) is 23.4 Å². The summed E-state index contributed by atoms with van der Waals surface area (Å²) in [6, 6.07) is 20.3. The van der Waals surface area contributed by atoms with E-state index in [9.17, 15) is 9.90 Å². The van der Waals surface area contributed by atoms with Crippen LogP contribution >= 0.6 is 0 Å². The first kappa shape index (κ1) is 20.3. The van der Waals surface area contributed by atoms with Gasteiger partial charge in [0.1, 0.15) is 5.82 Å². The van der Waals surface area contributed by atoms with Gasteiger partial charge in [-0.15, -0.1) is 0 Å². The van der Waals surface area contributed by atoms with Gasteiger partial charge >= 0.3 is 0 Å². The van der Waals surface area contributed by atoms with Crippen LogP contribution in [0.1, 0.15) is 41.0 Å². The van der Waals surface area contributed by atoms with Crippen LogP contribution in [0.2, 0.25) is 0 Å². The number of carbonyl (C=O) groups is 1. The molecule has 0 aliphatic carbocycles. The third-order valence-corrected chi connectivity index (χ3v) is 6.06. The molecule has 4 nitrogen and oxygen atoms in total. The average molecular weight is 426 g/mol. The van der Waals surface area contributed by atoms with E-state index in [0.29, 0.717) is 17.7 Å². The van der Waals surface area contributed by atoms with Crippen LogP contribution < -0.4 is 0 Å². The number of halogens is 1. The first-order valence-electron chi connectivity index (χ1n) is 10.6. The Hall–Kier alpha value is -3.57. The van der Waals surface area contributed by atoms with E-state index in [1.165, 1.54) is 6.07 Å². The fourth-order valence-electron chi connectivity index (χ4n) is 4.44. The van der Waals surface area contributed by atoms with E-state index in [2.05, 4.69) is 4.98 Å². The minimum Gasteiger partial charge on any atom is -0.386 e. The standard InChI is InChI=1S/C27H23FN2O2/c1-27(2,32)23-12-11-19(20-6-3-4-7-21(20)23)17-9-10-18(24(28)14-17)15-30-16-25-22(26(30)31)8-5-13-29-25/h3-14,32H,15-16H2,1-2H3. The topological polar surface area (TPSA) is 53.4 Å². The lowest BCUT2D eigenvalue weighted by Gasteiger charge is -2.22. The van der Waals surface area contributed by atoms with E-state index < -0.39 is 5.60 Å². The van der Waals surface area contributed by atoms with Gasteiger partial charge in [-0.3, -0.25) is 9.78 Å². The third-order valence-electron chi connectivity index (χ3n) is 6.06. The van der Waals surface area contributed by atoms with Crippen LogP contribution in [0.15, 0.2) is 72.9 Å². The summed E-state index contributed by atoms with van der Waals surface area (Å²) in [6.07, 6.45) is 1.67. The molecule has 5 heteroatoms. The number of hydrogen-bond donors (Lipinski definition) is 1. The molecule has 0 bridgehead atoms. The molecule has 0 saturated carbocycles. The molecular formula is C27H23FN2O2. The van der Waals surface area contributed by atoms with Crippen LogP contribution in [0.3, 0.4) is 0 Å². The maximum Gasteiger partial charge on any atom is 0.256 e. The number of pyridine rings is 1. The molecule has 0 radical (unpaired) electrons. The van der Waals surface area contributed by atoms with Gasteiger partial charge in [-0.2, -0.15) is 0 Å².